The van der Waals surface area contributed by atoms with Crippen molar-refractivity contribution in [1.29, 1.82) is 0 Å². The number of sulfone groups is 1. The first-order valence-electron chi connectivity index (χ1n) is 7.06. The van der Waals surface area contributed by atoms with Crippen molar-refractivity contribution in [2.75, 3.05) is 18.8 Å². The number of benzene rings is 1. The van der Waals surface area contributed by atoms with Gasteiger partial charge in [0, 0.05) is 0 Å². The molecule has 1 aromatic rings. The molecule has 0 atom stereocenters. The van der Waals surface area contributed by atoms with Crippen LogP contribution in [0.3, 0.4) is 0 Å². The van der Waals surface area contributed by atoms with Crippen LogP contribution in [0.5, 0.6) is 0 Å². The molecule has 0 radical (unpaired) electrons. The van der Waals surface area contributed by atoms with Gasteiger partial charge in [-0.3, -0.25) is 0 Å². The molecule has 19 heavy (non-hydrogen) atoms. The van der Waals surface area contributed by atoms with Crippen LogP contribution in [0.1, 0.15) is 38.2 Å². The minimum absolute atomic E-state index is 0.242. The highest BCUT2D eigenvalue weighted by Gasteiger charge is 2.13. The van der Waals surface area contributed by atoms with Crippen molar-refractivity contribution in [3.8, 4) is 0 Å². The molecule has 0 bridgehead atoms. The summed E-state index contributed by atoms with van der Waals surface area (Å²) in [5.74, 6) is 0.242. The van der Waals surface area contributed by atoms with Gasteiger partial charge in [-0.1, -0.05) is 31.0 Å². The van der Waals surface area contributed by atoms with E-state index in [-0.39, 0.29) is 5.75 Å². The zero-order valence-electron chi connectivity index (χ0n) is 12.0. The molecule has 0 aromatic heterocycles. The Morgan fingerprint density at radius 2 is 1.63 bits per heavy atom. The lowest BCUT2D eigenvalue weighted by Crippen LogP contribution is -2.17. The zero-order valence-corrected chi connectivity index (χ0v) is 12.8. The summed E-state index contributed by atoms with van der Waals surface area (Å²) in [6.07, 6.45) is 4.00. The molecule has 108 valence electrons. The number of unbranched alkanes of at least 4 members (excludes halogenated alkanes) is 2. The van der Waals surface area contributed by atoms with E-state index in [1.165, 1.54) is 12.8 Å². The number of rotatable bonds is 9. The number of nitrogens with one attached hydrogen (secondary N) is 1. The molecule has 0 spiro atoms. The van der Waals surface area contributed by atoms with E-state index in [4.69, 9.17) is 0 Å². The van der Waals surface area contributed by atoms with Crippen molar-refractivity contribution >= 4 is 9.84 Å². The SMILES string of the molecule is CCCCNCCCCS(=O)(=O)c1ccc(C)cc1. The summed E-state index contributed by atoms with van der Waals surface area (Å²) in [5, 5.41) is 3.32. The minimum Gasteiger partial charge on any atom is -0.317 e. The van der Waals surface area contributed by atoms with Gasteiger partial charge >= 0.3 is 0 Å². The normalized spacial score (nSPS) is 11.7. The predicted molar refractivity (Wildman–Crippen MR) is 80.2 cm³/mol. The van der Waals surface area contributed by atoms with E-state index < -0.39 is 9.84 Å². The zero-order chi connectivity index (χ0) is 14.1. The van der Waals surface area contributed by atoms with Crippen molar-refractivity contribution in [1.82, 2.24) is 5.32 Å². The molecule has 0 aliphatic rings. The first kappa shape index (κ1) is 16.2. The summed E-state index contributed by atoms with van der Waals surface area (Å²) in [6, 6.07) is 7.09. The molecule has 0 saturated carbocycles. The first-order chi connectivity index (χ1) is 9.06. The van der Waals surface area contributed by atoms with Crippen molar-refractivity contribution in [2.45, 2.75) is 44.4 Å². The highest BCUT2D eigenvalue weighted by atomic mass is 32.2. The summed E-state index contributed by atoms with van der Waals surface area (Å²) in [5.41, 5.74) is 1.08. The second-order valence-electron chi connectivity index (χ2n) is 4.94. The Kier molecular flexibility index (Phi) is 7.10. The Morgan fingerprint density at radius 1 is 1.00 bits per heavy atom. The monoisotopic (exact) mass is 283 g/mol. The van der Waals surface area contributed by atoms with E-state index in [0.29, 0.717) is 4.90 Å². The Hall–Kier alpha value is -0.870. The van der Waals surface area contributed by atoms with Crippen LogP contribution in [0, 0.1) is 6.92 Å². The third kappa shape index (κ3) is 6.21. The van der Waals surface area contributed by atoms with Crippen molar-refractivity contribution in [3.05, 3.63) is 29.8 Å². The Labute approximate surface area is 117 Å². The lowest BCUT2D eigenvalue weighted by atomic mass is 10.2. The molecule has 0 saturated heterocycles. The van der Waals surface area contributed by atoms with Crippen LogP contribution in [0.2, 0.25) is 0 Å². The van der Waals surface area contributed by atoms with E-state index in [0.717, 1.165) is 31.5 Å². The fourth-order valence-corrected chi connectivity index (χ4v) is 3.20. The van der Waals surface area contributed by atoms with Gasteiger partial charge in [-0.2, -0.15) is 0 Å². The van der Waals surface area contributed by atoms with Gasteiger partial charge < -0.3 is 5.32 Å². The maximum Gasteiger partial charge on any atom is 0.178 e. The van der Waals surface area contributed by atoms with Crippen LogP contribution in [0.25, 0.3) is 0 Å². The third-order valence-corrected chi connectivity index (χ3v) is 4.92. The molecule has 0 amide bonds. The molecular weight excluding hydrogens is 258 g/mol. The molecule has 4 heteroatoms. The average Bonchev–Trinajstić information content (AvgIpc) is 2.38. The molecular formula is C15H25NO2S. The van der Waals surface area contributed by atoms with Crippen LogP contribution < -0.4 is 5.32 Å². The number of hydrogen-bond donors (Lipinski definition) is 1. The molecule has 0 fully saturated rings. The van der Waals surface area contributed by atoms with Gasteiger partial charge in [0.25, 0.3) is 0 Å². The smallest absolute Gasteiger partial charge is 0.178 e. The van der Waals surface area contributed by atoms with E-state index in [9.17, 15) is 8.42 Å². The number of hydrogen-bond acceptors (Lipinski definition) is 3. The summed E-state index contributed by atoms with van der Waals surface area (Å²) in [4.78, 5) is 0.442. The van der Waals surface area contributed by atoms with Gasteiger partial charge in [0.15, 0.2) is 9.84 Å². The predicted octanol–water partition coefficient (Wildman–Crippen LogP) is 2.94. The molecule has 0 aliphatic heterocycles. The Balaban J connectivity index is 2.29. The average molecular weight is 283 g/mol. The number of aryl methyl sites for hydroxylation is 1. The van der Waals surface area contributed by atoms with E-state index >= 15 is 0 Å². The van der Waals surface area contributed by atoms with Gasteiger partial charge in [0.1, 0.15) is 0 Å². The topological polar surface area (TPSA) is 46.2 Å². The summed E-state index contributed by atoms with van der Waals surface area (Å²) in [7, 11) is -3.10. The van der Waals surface area contributed by atoms with Gasteiger partial charge in [-0.25, -0.2) is 8.42 Å². The van der Waals surface area contributed by atoms with Crippen LogP contribution >= 0.6 is 0 Å². The van der Waals surface area contributed by atoms with Crippen molar-refractivity contribution in [3.63, 3.8) is 0 Å². The molecule has 0 heterocycles. The second kappa shape index (κ2) is 8.33. The molecule has 0 aliphatic carbocycles. The second-order valence-corrected chi connectivity index (χ2v) is 7.05. The lowest BCUT2D eigenvalue weighted by molar-refractivity contribution is 0.583. The molecule has 1 aromatic carbocycles. The van der Waals surface area contributed by atoms with E-state index in [1.807, 2.05) is 19.1 Å². The van der Waals surface area contributed by atoms with Crippen molar-refractivity contribution in [2.24, 2.45) is 0 Å². The highest BCUT2D eigenvalue weighted by Crippen LogP contribution is 2.13. The van der Waals surface area contributed by atoms with E-state index in [1.54, 1.807) is 12.1 Å². The Bertz CT molecular complexity index is 452. The molecule has 3 nitrogen and oxygen atoms in total. The third-order valence-electron chi connectivity index (χ3n) is 3.10. The quantitative estimate of drug-likeness (QED) is 0.709. The summed E-state index contributed by atoms with van der Waals surface area (Å²) >= 11 is 0. The van der Waals surface area contributed by atoms with Crippen molar-refractivity contribution < 1.29 is 8.42 Å². The molecule has 0 unspecified atom stereocenters. The highest BCUT2D eigenvalue weighted by molar-refractivity contribution is 7.91. The van der Waals surface area contributed by atoms with Crippen LogP contribution in [0.15, 0.2) is 29.2 Å². The minimum atomic E-state index is -3.10. The van der Waals surface area contributed by atoms with Gasteiger partial charge in [-0.15, -0.1) is 0 Å². The van der Waals surface area contributed by atoms with Gasteiger partial charge in [0.05, 0.1) is 10.6 Å². The van der Waals surface area contributed by atoms with Crippen LogP contribution in [0.4, 0.5) is 0 Å². The van der Waals surface area contributed by atoms with Gasteiger partial charge in [0.2, 0.25) is 0 Å². The fraction of sp³-hybridized carbons (Fsp3) is 0.600. The van der Waals surface area contributed by atoms with Gasteiger partial charge in [-0.05, 0) is 51.4 Å². The van der Waals surface area contributed by atoms with Crippen LogP contribution in [-0.2, 0) is 9.84 Å². The lowest BCUT2D eigenvalue weighted by Gasteiger charge is -2.06. The fourth-order valence-electron chi connectivity index (χ4n) is 1.83. The summed E-state index contributed by atoms with van der Waals surface area (Å²) in [6.45, 7) is 6.05. The van der Waals surface area contributed by atoms with Crippen LogP contribution in [-0.4, -0.2) is 27.3 Å². The molecule has 1 rings (SSSR count). The Morgan fingerprint density at radius 3 is 2.26 bits per heavy atom. The maximum absolute atomic E-state index is 12.1. The molecule has 1 N–H and O–H groups in total. The largest absolute Gasteiger partial charge is 0.317 e. The maximum atomic E-state index is 12.1. The van der Waals surface area contributed by atoms with E-state index in [2.05, 4.69) is 12.2 Å². The standard InChI is InChI=1S/C15H25NO2S/c1-3-4-11-16-12-5-6-13-19(17,18)15-9-7-14(2)8-10-15/h7-10,16H,3-6,11-13H2,1-2H3. The summed E-state index contributed by atoms with van der Waals surface area (Å²) < 4.78 is 24.1. The first-order valence-corrected chi connectivity index (χ1v) is 8.71.